The summed E-state index contributed by atoms with van der Waals surface area (Å²) in [6.07, 6.45) is -1.64. The van der Waals surface area contributed by atoms with Gasteiger partial charge in [-0.05, 0) is 54.2 Å². The van der Waals surface area contributed by atoms with Crippen molar-refractivity contribution >= 4 is 23.1 Å². The summed E-state index contributed by atoms with van der Waals surface area (Å²) in [5.41, 5.74) is 3.85. The van der Waals surface area contributed by atoms with Crippen LogP contribution in [0.15, 0.2) is 65.9 Å². The third kappa shape index (κ3) is 5.69. The fourth-order valence-corrected chi connectivity index (χ4v) is 4.53. The number of carbonyl (C=O) groups excluding carboxylic acids is 1. The molecule has 0 saturated heterocycles. The van der Waals surface area contributed by atoms with Gasteiger partial charge in [-0.3, -0.25) is 4.79 Å². The fourth-order valence-electron chi connectivity index (χ4n) is 4.24. The van der Waals surface area contributed by atoms with Crippen LogP contribution in [0.3, 0.4) is 0 Å². The van der Waals surface area contributed by atoms with E-state index in [2.05, 4.69) is 15.4 Å². The molecule has 1 aliphatic carbocycles. The zero-order valence-electron chi connectivity index (χ0n) is 17.5. The van der Waals surface area contributed by atoms with Crippen LogP contribution in [0.5, 0.6) is 5.75 Å². The lowest BCUT2D eigenvalue weighted by Crippen LogP contribution is -2.52. The Labute approximate surface area is 193 Å². The van der Waals surface area contributed by atoms with Gasteiger partial charge in [0.05, 0.1) is 5.02 Å². The van der Waals surface area contributed by atoms with Gasteiger partial charge in [0, 0.05) is 23.6 Å². The number of ether oxygens (including phenoxy) is 1. The van der Waals surface area contributed by atoms with Gasteiger partial charge in [-0.1, -0.05) is 48.0 Å². The van der Waals surface area contributed by atoms with Gasteiger partial charge in [-0.15, -0.1) is 13.2 Å². The highest BCUT2D eigenvalue weighted by Crippen LogP contribution is 2.39. The normalized spacial score (nSPS) is 21.2. The summed E-state index contributed by atoms with van der Waals surface area (Å²) in [7, 11) is 0. The number of amides is 1. The number of rotatable bonds is 5. The molecule has 1 aliphatic heterocycles. The fraction of sp³-hybridized carbons (Fsp3) is 0.292. The van der Waals surface area contributed by atoms with Crippen molar-refractivity contribution < 1.29 is 27.8 Å². The van der Waals surface area contributed by atoms with Crippen LogP contribution in [0.25, 0.3) is 5.57 Å². The maximum absolute atomic E-state index is 12.6. The predicted octanol–water partition coefficient (Wildman–Crippen LogP) is 4.91. The van der Waals surface area contributed by atoms with Crippen LogP contribution >= 0.6 is 11.6 Å². The first-order valence-corrected chi connectivity index (χ1v) is 10.8. The van der Waals surface area contributed by atoms with Crippen LogP contribution in [0, 0.1) is 5.92 Å². The average molecular weight is 479 g/mol. The van der Waals surface area contributed by atoms with Crippen molar-refractivity contribution in [1.82, 2.24) is 10.6 Å². The minimum absolute atomic E-state index is 0.0141. The SMILES string of the molecule is O=C1NC(O)NC(C2CC=C(c3ccc(OC(F)(F)F)cc3Cl)CC2)=C1Cc1ccccc1. The number of carbonyl (C=O) groups is 1. The topological polar surface area (TPSA) is 70.6 Å². The molecule has 1 amide bonds. The van der Waals surface area contributed by atoms with Gasteiger partial charge < -0.3 is 20.5 Å². The van der Waals surface area contributed by atoms with E-state index in [-0.39, 0.29) is 22.6 Å². The standard InChI is InChI=1S/C24H22ClF3N2O3/c25-20-13-17(33-24(26,27)28)10-11-18(20)15-6-8-16(9-7-15)21-19(22(31)30-23(32)29-21)12-14-4-2-1-3-5-14/h1-6,10-11,13,16,23,29,32H,7-9,12H2,(H,30,31). The second kappa shape index (κ2) is 9.49. The number of benzene rings is 2. The Balaban J connectivity index is 1.55. The zero-order chi connectivity index (χ0) is 23.6. The molecule has 2 aliphatic rings. The summed E-state index contributed by atoms with van der Waals surface area (Å²) in [5, 5.41) is 15.7. The van der Waals surface area contributed by atoms with Gasteiger partial charge in [0.2, 0.25) is 6.35 Å². The second-order valence-electron chi connectivity index (χ2n) is 7.97. The van der Waals surface area contributed by atoms with Crippen molar-refractivity contribution in [2.75, 3.05) is 0 Å². The maximum Gasteiger partial charge on any atom is 0.573 e. The van der Waals surface area contributed by atoms with Crippen molar-refractivity contribution in [3.8, 4) is 5.75 Å². The first-order valence-electron chi connectivity index (χ1n) is 10.5. The molecule has 1 heterocycles. The largest absolute Gasteiger partial charge is 0.573 e. The van der Waals surface area contributed by atoms with Crippen molar-refractivity contribution in [2.45, 2.75) is 38.4 Å². The summed E-state index contributed by atoms with van der Waals surface area (Å²) in [4.78, 5) is 12.6. The van der Waals surface area contributed by atoms with Crippen LogP contribution in [-0.4, -0.2) is 23.7 Å². The Morgan fingerprint density at radius 2 is 1.88 bits per heavy atom. The van der Waals surface area contributed by atoms with Gasteiger partial charge in [0.15, 0.2) is 0 Å². The quantitative estimate of drug-likeness (QED) is 0.571. The molecule has 0 saturated carbocycles. The molecule has 5 nitrogen and oxygen atoms in total. The highest BCUT2D eigenvalue weighted by Gasteiger charge is 2.32. The Hall–Kier alpha value is -2.97. The third-order valence-electron chi connectivity index (χ3n) is 5.72. The van der Waals surface area contributed by atoms with E-state index in [9.17, 15) is 23.1 Å². The van der Waals surface area contributed by atoms with Crippen molar-refractivity contribution in [1.29, 1.82) is 0 Å². The number of halogens is 4. The van der Waals surface area contributed by atoms with Crippen LogP contribution in [0.1, 0.15) is 30.4 Å². The van der Waals surface area contributed by atoms with E-state index in [0.29, 0.717) is 42.5 Å². The molecule has 0 radical (unpaired) electrons. The lowest BCUT2D eigenvalue weighted by atomic mass is 9.82. The Kier molecular flexibility index (Phi) is 6.67. The first-order chi connectivity index (χ1) is 15.7. The molecule has 174 valence electrons. The van der Waals surface area contributed by atoms with E-state index in [1.165, 1.54) is 12.1 Å². The Bertz CT molecular complexity index is 1100. The van der Waals surface area contributed by atoms with Gasteiger partial charge in [-0.25, -0.2) is 0 Å². The van der Waals surface area contributed by atoms with Gasteiger partial charge in [0.25, 0.3) is 5.91 Å². The Morgan fingerprint density at radius 3 is 2.52 bits per heavy atom. The molecule has 3 N–H and O–H groups in total. The minimum atomic E-state index is -4.78. The van der Waals surface area contributed by atoms with E-state index in [0.717, 1.165) is 17.2 Å². The minimum Gasteiger partial charge on any atom is -0.406 e. The molecule has 0 fully saturated rings. The summed E-state index contributed by atoms with van der Waals surface area (Å²) in [6.45, 7) is 0. The zero-order valence-corrected chi connectivity index (χ0v) is 18.2. The summed E-state index contributed by atoms with van der Waals surface area (Å²) >= 11 is 6.23. The predicted molar refractivity (Wildman–Crippen MR) is 118 cm³/mol. The molecule has 2 unspecified atom stereocenters. The smallest absolute Gasteiger partial charge is 0.406 e. The van der Waals surface area contributed by atoms with Crippen molar-refractivity contribution in [2.24, 2.45) is 5.92 Å². The van der Waals surface area contributed by atoms with Gasteiger partial charge in [-0.2, -0.15) is 0 Å². The van der Waals surface area contributed by atoms with Crippen molar-refractivity contribution in [3.63, 3.8) is 0 Å². The van der Waals surface area contributed by atoms with Crippen LogP contribution < -0.4 is 15.4 Å². The molecule has 2 aromatic rings. The number of aliphatic hydroxyl groups is 1. The number of aliphatic hydroxyl groups excluding tert-OH is 1. The molecule has 33 heavy (non-hydrogen) atoms. The summed E-state index contributed by atoms with van der Waals surface area (Å²) in [6, 6.07) is 13.5. The molecule has 0 spiro atoms. The van der Waals surface area contributed by atoms with E-state index < -0.39 is 12.7 Å². The second-order valence-corrected chi connectivity index (χ2v) is 8.37. The summed E-state index contributed by atoms with van der Waals surface area (Å²) in [5.74, 6) is -0.689. The highest BCUT2D eigenvalue weighted by molar-refractivity contribution is 6.32. The van der Waals surface area contributed by atoms with E-state index in [1.807, 2.05) is 36.4 Å². The third-order valence-corrected chi connectivity index (χ3v) is 6.03. The van der Waals surface area contributed by atoms with Crippen LogP contribution in [0.2, 0.25) is 5.02 Å². The van der Waals surface area contributed by atoms with Gasteiger partial charge >= 0.3 is 6.36 Å². The maximum atomic E-state index is 12.6. The van der Waals surface area contributed by atoms with Gasteiger partial charge in [0.1, 0.15) is 5.75 Å². The number of allylic oxidation sites excluding steroid dienone is 3. The molecule has 0 bridgehead atoms. The monoisotopic (exact) mass is 478 g/mol. The molecular formula is C24H22ClF3N2O3. The number of hydrogen-bond donors (Lipinski definition) is 3. The Morgan fingerprint density at radius 1 is 1.12 bits per heavy atom. The first kappa shape index (κ1) is 23.2. The average Bonchev–Trinajstić information content (AvgIpc) is 2.75. The molecule has 2 aromatic carbocycles. The van der Waals surface area contributed by atoms with E-state index >= 15 is 0 Å². The van der Waals surface area contributed by atoms with Crippen LogP contribution in [-0.2, 0) is 11.2 Å². The lowest BCUT2D eigenvalue weighted by Gasteiger charge is -2.33. The van der Waals surface area contributed by atoms with Crippen molar-refractivity contribution in [3.05, 3.63) is 82.0 Å². The highest BCUT2D eigenvalue weighted by atomic mass is 35.5. The molecule has 9 heteroatoms. The van der Waals surface area contributed by atoms with Crippen LogP contribution in [0.4, 0.5) is 13.2 Å². The molecule has 0 aromatic heterocycles. The molecular weight excluding hydrogens is 457 g/mol. The van der Waals surface area contributed by atoms with E-state index in [4.69, 9.17) is 11.6 Å². The number of alkyl halides is 3. The van der Waals surface area contributed by atoms with E-state index in [1.54, 1.807) is 0 Å². The lowest BCUT2D eigenvalue weighted by molar-refractivity contribution is -0.274. The molecule has 2 atom stereocenters. The number of hydrogen-bond acceptors (Lipinski definition) is 4. The molecule has 4 rings (SSSR count). The summed E-state index contributed by atoms with van der Waals surface area (Å²) < 4.78 is 41.2. The number of nitrogens with one attached hydrogen (secondary N) is 2.